The van der Waals surface area contributed by atoms with Gasteiger partial charge in [-0.2, -0.15) is 0 Å². The Hall–Kier alpha value is -1.55. The third-order valence-corrected chi connectivity index (χ3v) is 2.66. The summed E-state index contributed by atoms with van der Waals surface area (Å²) in [6.07, 6.45) is 0.655. The van der Waals surface area contributed by atoms with E-state index in [4.69, 9.17) is 0 Å². The number of hydrogen-bond donors (Lipinski definition) is 0. The minimum atomic E-state index is 0.0659. The van der Waals surface area contributed by atoms with Crippen LogP contribution in [0.2, 0.25) is 0 Å². The van der Waals surface area contributed by atoms with Crippen molar-refractivity contribution >= 4 is 5.78 Å². The Balaban J connectivity index is 2.63. The van der Waals surface area contributed by atoms with Crippen LogP contribution in [0.25, 0.3) is 0 Å². The normalized spacial score (nSPS) is 11.8. The lowest BCUT2D eigenvalue weighted by Crippen LogP contribution is -2.16. The van der Waals surface area contributed by atoms with Gasteiger partial charge in [0.05, 0.1) is 0 Å². The summed E-state index contributed by atoms with van der Waals surface area (Å²) in [5, 5.41) is 0. The third kappa shape index (κ3) is 3.90. The highest BCUT2D eigenvalue weighted by molar-refractivity contribution is 5.78. The van der Waals surface area contributed by atoms with Crippen molar-refractivity contribution in [2.24, 2.45) is 11.8 Å². The summed E-state index contributed by atoms with van der Waals surface area (Å²) in [6, 6.07) is 9.86. The monoisotopic (exact) mass is 214 g/mol. The minimum Gasteiger partial charge on any atom is -0.300 e. The van der Waals surface area contributed by atoms with Gasteiger partial charge in [-0.25, -0.2) is 0 Å². The fourth-order valence-corrected chi connectivity index (χ4v) is 1.63. The second-order valence-electron chi connectivity index (χ2n) is 4.33. The Kier molecular flexibility index (Phi) is 4.79. The zero-order chi connectivity index (χ0) is 12.0. The van der Waals surface area contributed by atoms with E-state index in [0.717, 1.165) is 5.56 Å². The summed E-state index contributed by atoms with van der Waals surface area (Å²) in [5.74, 6) is 6.84. The summed E-state index contributed by atoms with van der Waals surface area (Å²) >= 11 is 0. The molecule has 1 atom stereocenters. The van der Waals surface area contributed by atoms with Crippen LogP contribution >= 0.6 is 0 Å². The average Bonchev–Trinajstić information content (AvgIpc) is 2.24. The highest BCUT2D eigenvalue weighted by Gasteiger charge is 2.16. The van der Waals surface area contributed by atoms with E-state index in [1.807, 2.05) is 30.3 Å². The topological polar surface area (TPSA) is 17.1 Å². The highest BCUT2D eigenvalue weighted by atomic mass is 16.1. The van der Waals surface area contributed by atoms with Crippen molar-refractivity contribution in [3.05, 3.63) is 35.9 Å². The van der Waals surface area contributed by atoms with Crippen molar-refractivity contribution in [3.8, 4) is 11.8 Å². The largest absolute Gasteiger partial charge is 0.300 e. The van der Waals surface area contributed by atoms with Crippen LogP contribution in [0.1, 0.15) is 32.8 Å². The third-order valence-electron chi connectivity index (χ3n) is 2.66. The van der Waals surface area contributed by atoms with Crippen LogP contribution in [0, 0.1) is 23.7 Å². The molecule has 0 aliphatic rings. The van der Waals surface area contributed by atoms with Gasteiger partial charge in [0.1, 0.15) is 5.78 Å². The maximum absolute atomic E-state index is 11.4. The Bertz CT molecular complexity index is 392. The summed E-state index contributed by atoms with van der Waals surface area (Å²) in [5.41, 5.74) is 1.01. The number of benzene rings is 1. The Morgan fingerprint density at radius 1 is 1.25 bits per heavy atom. The predicted molar refractivity (Wildman–Crippen MR) is 66.9 cm³/mol. The van der Waals surface area contributed by atoms with E-state index < -0.39 is 0 Å². The molecule has 0 saturated heterocycles. The minimum absolute atomic E-state index is 0.0659. The first-order chi connectivity index (χ1) is 7.61. The highest BCUT2D eigenvalue weighted by Crippen LogP contribution is 2.15. The first-order valence-electron chi connectivity index (χ1n) is 5.65. The van der Waals surface area contributed by atoms with Crippen molar-refractivity contribution in [1.29, 1.82) is 0 Å². The summed E-state index contributed by atoms with van der Waals surface area (Å²) < 4.78 is 0. The van der Waals surface area contributed by atoms with E-state index in [1.165, 1.54) is 0 Å². The number of Topliss-reactive ketones (excluding diaryl/α,β-unsaturated/α-hetero) is 1. The van der Waals surface area contributed by atoms with Crippen LogP contribution in [0.15, 0.2) is 30.3 Å². The van der Waals surface area contributed by atoms with Gasteiger partial charge < -0.3 is 0 Å². The number of carbonyl (C=O) groups is 1. The van der Waals surface area contributed by atoms with Crippen molar-refractivity contribution < 1.29 is 4.79 Å². The van der Waals surface area contributed by atoms with E-state index in [9.17, 15) is 4.79 Å². The molecule has 0 fully saturated rings. The molecule has 0 spiro atoms. The molecule has 16 heavy (non-hydrogen) atoms. The van der Waals surface area contributed by atoms with Crippen LogP contribution in [0.4, 0.5) is 0 Å². The van der Waals surface area contributed by atoms with Gasteiger partial charge in [0.25, 0.3) is 0 Å². The summed E-state index contributed by atoms with van der Waals surface area (Å²) in [4.78, 5) is 11.4. The van der Waals surface area contributed by atoms with E-state index in [-0.39, 0.29) is 11.7 Å². The standard InChI is InChI=1S/C15H18O/c1-12(2)15(13(3)16)11-7-10-14-8-5-4-6-9-14/h4-6,8-9,12,15H,11H2,1-3H3. The molecule has 0 aromatic heterocycles. The van der Waals surface area contributed by atoms with Crippen LogP contribution < -0.4 is 0 Å². The molecular weight excluding hydrogens is 196 g/mol. The molecule has 1 heteroatoms. The van der Waals surface area contributed by atoms with Crippen molar-refractivity contribution in [3.63, 3.8) is 0 Å². The summed E-state index contributed by atoms with van der Waals surface area (Å²) in [6.45, 7) is 5.78. The van der Waals surface area contributed by atoms with E-state index >= 15 is 0 Å². The van der Waals surface area contributed by atoms with Crippen LogP contribution in [0.3, 0.4) is 0 Å². The number of ketones is 1. The quantitative estimate of drug-likeness (QED) is 0.706. The molecule has 0 heterocycles. The maximum Gasteiger partial charge on any atom is 0.134 e. The van der Waals surface area contributed by atoms with Crippen LogP contribution in [-0.2, 0) is 4.79 Å². The Labute approximate surface area is 97.9 Å². The second-order valence-corrected chi connectivity index (χ2v) is 4.33. The summed E-state index contributed by atoms with van der Waals surface area (Å²) in [7, 11) is 0. The average molecular weight is 214 g/mol. The Morgan fingerprint density at radius 2 is 1.88 bits per heavy atom. The lowest BCUT2D eigenvalue weighted by atomic mass is 9.89. The maximum atomic E-state index is 11.4. The molecule has 0 aliphatic heterocycles. The van der Waals surface area contributed by atoms with Gasteiger partial charge in [-0.15, -0.1) is 0 Å². The van der Waals surface area contributed by atoms with Crippen molar-refractivity contribution in [2.75, 3.05) is 0 Å². The molecule has 1 rings (SSSR count). The van der Waals surface area contributed by atoms with Gasteiger partial charge in [-0.3, -0.25) is 4.79 Å². The van der Waals surface area contributed by atoms with E-state index in [2.05, 4.69) is 25.7 Å². The molecule has 0 bridgehead atoms. The second kappa shape index (κ2) is 6.12. The lowest BCUT2D eigenvalue weighted by molar-refractivity contribution is -0.121. The molecule has 84 valence electrons. The van der Waals surface area contributed by atoms with Crippen molar-refractivity contribution in [2.45, 2.75) is 27.2 Å². The van der Waals surface area contributed by atoms with E-state index in [0.29, 0.717) is 12.3 Å². The smallest absolute Gasteiger partial charge is 0.134 e. The fraction of sp³-hybridized carbons (Fsp3) is 0.400. The molecule has 1 aromatic carbocycles. The molecule has 0 radical (unpaired) electrons. The predicted octanol–water partition coefficient (Wildman–Crippen LogP) is 3.29. The van der Waals surface area contributed by atoms with E-state index in [1.54, 1.807) is 6.92 Å². The number of hydrogen-bond acceptors (Lipinski definition) is 1. The van der Waals surface area contributed by atoms with Gasteiger partial charge in [-0.1, -0.05) is 43.9 Å². The van der Waals surface area contributed by atoms with Crippen LogP contribution in [-0.4, -0.2) is 5.78 Å². The molecule has 0 N–H and O–H groups in total. The molecule has 1 aromatic rings. The first kappa shape index (κ1) is 12.5. The number of carbonyl (C=O) groups excluding carboxylic acids is 1. The van der Waals surface area contributed by atoms with Gasteiger partial charge in [0.15, 0.2) is 0 Å². The zero-order valence-electron chi connectivity index (χ0n) is 10.2. The van der Waals surface area contributed by atoms with Crippen LogP contribution in [0.5, 0.6) is 0 Å². The molecule has 1 nitrogen and oxygen atoms in total. The van der Waals surface area contributed by atoms with Gasteiger partial charge >= 0.3 is 0 Å². The molecule has 0 amide bonds. The lowest BCUT2D eigenvalue weighted by Gasteiger charge is -2.13. The SMILES string of the molecule is CC(=O)C(CC#Cc1ccccc1)C(C)C. The fourth-order valence-electron chi connectivity index (χ4n) is 1.63. The molecule has 1 unspecified atom stereocenters. The first-order valence-corrected chi connectivity index (χ1v) is 5.65. The zero-order valence-corrected chi connectivity index (χ0v) is 10.2. The van der Waals surface area contributed by atoms with Gasteiger partial charge in [-0.05, 0) is 25.0 Å². The van der Waals surface area contributed by atoms with Gasteiger partial charge in [0.2, 0.25) is 0 Å². The van der Waals surface area contributed by atoms with Gasteiger partial charge in [0, 0.05) is 17.9 Å². The molecule has 0 aliphatic carbocycles. The molecule has 0 saturated carbocycles. The number of rotatable bonds is 3. The molecular formula is C15H18O. The van der Waals surface area contributed by atoms with Crippen molar-refractivity contribution in [1.82, 2.24) is 0 Å². The Morgan fingerprint density at radius 3 is 2.38 bits per heavy atom.